The smallest absolute Gasteiger partial charge is 0.293 e. The van der Waals surface area contributed by atoms with E-state index >= 15 is 0 Å². The van der Waals surface area contributed by atoms with Crippen LogP contribution < -0.4 is 0 Å². The van der Waals surface area contributed by atoms with Gasteiger partial charge in [0.2, 0.25) is 0 Å². The molecule has 0 aliphatic carbocycles. The minimum Gasteiger partial charge on any atom is -0.293 e. The van der Waals surface area contributed by atoms with Crippen LogP contribution in [0, 0.1) is 0 Å². The van der Waals surface area contributed by atoms with Gasteiger partial charge < -0.3 is 0 Å². The molecule has 1 aliphatic heterocycles. The van der Waals surface area contributed by atoms with Crippen molar-refractivity contribution in [2.75, 3.05) is 6.61 Å². The van der Waals surface area contributed by atoms with Gasteiger partial charge in [0.25, 0.3) is 0 Å². The largest absolute Gasteiger partial charge is 0.419 e. The third kappa shape index (κ3) is 2.99. The Morgan fingerprint density at radius 3 is 2.60 bits per heavy atom. The van der Waals surface area contributed by atoms with Crippen molar-refractivity contribution >= 4 is 32.9 Å². The molecule has 2 atom stereocenters. The van der Waals surface area contributed by atoms with Crippen LogP contribution in [0.1, 0.15) is 34.1 Å². The lowest BCUT2D eigenvalue weighted by molar-refractivity contribution is 0.224. The van der Waals surface area contributed by atoms with Gasteiger partial charge in [0, 0.05) is 30.7 Å². The summed E-state index contributed by atoms with van der Waals surface area (Å²) in [5.41, 5.74) is -0.242. The monoisotopic (exact) mass is 317 g/mol. The van der Waals surface area contributed by atoms with Gasteiger partial charge >= 0.3 is 7.75 Å². The Balaban J connectivity index is 2.88. The molecule has 1 aliphatic rings. The Kier molecular flexibility index (Phi) is 4.73. The van der Waals surface area contributed by atoms with Gasteiger partial charge in [-0.1, -0.05) is 6.92 Å². The lowest BCUT2D eigenvalue weighted by Gasteiger charge is -2.36. The number of hydrogen-bond acceptors (Lipinski definition) is 4. The minimum atomic E-state index is -3.12. The second-order valence-corrected chi connectivity index (χ2v) is 7.64. The van der Waals surface area contributed by atoms with Crippen molar-refractivity contribution in [3.63, 3.8) is 0 Å². The SMILES string of the molecule is CCC(C)(C)N(SBr)P1(=O)OCC(C)O1. The third-order valence-electron chi connectivity index (χ3n) is 2.46. The standard InChI is InChI=1S/C8H17BrNO3PS/c1-5-8(3,4)10(15-9)14(11)12-6-7(2)13-14/h7H,5-6H2,1-4H3. The maximum absolute atomic E-state index is 12.4. The summed E-state index contributed by atoms with van der Waals surface area (Å²) in [6, 6.07) is 0. The van der Waals surface area contributed by atoms with E-state index in [0.29, 0.717) is 6.61 Å². The molecule has 0 bridgehead atoms. The molecule has 15 heavy (non-hydrogen) atoms. The van der Waals surface area contributed by atoms with Crippen LogP contribution >= 0.6 is 32.9 Å². The van der Waals surface area contributed by atoms with E-state index in [0.717, 1.165) is 6.42 Å². The Morgan fingerprint density at radius 1 is 1.67 bits per heavy atom. The van der Waals surface area contributed by atoms with E-state index < -0.39 is 7.75 Å². The van der Waals surface area contributed by atoms with Gasteiger partial charge in [-0.15, -0.1) is 4.08 Å². The van der Waals surface area contributed by atoms with Crippen molar-refractivity contribution in [3.05, 3.63) is 0 Å². The zero-order valence-electron chi connectivity index (χ0n) is 9.40. The highest BCUT2D eigenvalue weighted by atomic mass is 79.9. The van der Waals surface area contributed by atoms with Gasteiger partial charge in [-0.3, -0.25) is 9.05 Å². The molecule has 7 heteroatoms. The molecule has 0 aromatic rings. The summed E-state index contributed by atoms with van der Waals surface area (Å²) < 4.78 is 24.8. The molecule has 4 nitrogen and oxygen atoms in total. The normalized spacial score (nSPS) is 32.5. The van der Waals surface area contributed by atoms with Gasteiger partial charge in [-0.2, -0.15) is 0 Å². The lowest BCUT2D eigenvalue weighted by Crippen LogP contribution is -2.35. The molecule has 0 aromatic heterocycles. The molecule has 1 rings (SSSR count). The number of halogens is 1. The van der Waals surface area contributed by atoms with Gasteiger partial charge in [0.1, 0.15) is 0 Å². The van der Waals surface area contributed by atoms with Crippen LogP contribution in [-0.2, 0) is 13.6 Å². The highest BCUT2D eigenvalue weighted by Gasteiger charge is 2.47. The molecule has 0 aromatic carbocycles. The number of nitrogens with zero attached hydrogens (tertiary/aromatic N) is 1. The Labute approximate surface area is 103 Å². The molecule has 90 valence electrons. The van der Waals surface area contributed by atoms with E-state index in [1.807, 2.05) is 27.7 Å². The summed E-state index contributed by atoms with van der Waals surface area (Å²) in [5, 5.41) is 0. The second kappa shape index (κ2) is 5.07. The second-order valence-electron chi connectivity index (χ2n) is 4.19. The van der Waals surface area contributed by atoms with E-state index in [9.17, 15) is 4.57 Å². The number of hydrogen-bond donors (Lipinski definition) is 0. The summed E-state index contributed by atoms with van der Waals surface area (Å²) in [7, 11) is -1.89. The third-order valence-corrected chi connectivity index (χ3v) is 7.55. The van der Waals surface area contributed by atoms with E-state index in [1.54, 1.807) is 4.08 Å². The zero-order valence-corrected chi connectivity index (χ0v) is 12.7. The summed E-state index contributed by atoms with van der Waals surface area (Å²) in [4.78, 5) is 0. The maximum atomic E-state index is 12.4. The molecular weight excluding hydrogens is 301 g/mol. The minimum absolute atomic E-state index is 0.106. The molecule has 1 fully saturated rings. The fourth-order valence-electron chi connectivity index (χ4n) is 1.18. The molecular formula is C8H17BrNO3PS. The number of rotatable bonds is 4. The summed E-state index contributed by atoms with van der Waals surface area (Å²) in [6.45, 7) is 8.31. The Bertz CT molecular complexity index is 277. The van der Waals surface area contributed by atoms with Crippen LogP contribution in [0.4, 0.5) is 0 Å². The first-order chi connectivity index (χ1) is 6.85. The zero-order chi connectivity index (χ0) is 11.7. The fraction of sp³-hybridized carbons (Fsp3) is 1.00. The van der Waals surface area contributed by atoms with Crippen molar-refractivity contribution in [3.8, 4) is 0 Å². The highest BCUT2D eigenvalue weighted by Crippen LogP contribution is 2.64. The first-order valence-corrected chi connectivity index (χ1v) is 8.99. The molecule has 0 spiro atoms. The van der Waals surface area contributed by atoms with Gasteiger partial charge in [0.15, 0.2) is 0 Å². The van der Waals surface area contributed by atoms with E-state index in [1.165, 1.54) is 10.4 Å². The van der Waals surface area contributed by atoms with Crippen LogP contribution in [0.25, 0.3) is 0 Å². The first kappa shape index (κ1) is 14.0. The topological polar surface area (TPSA) is 38.8 Å². The molecule has 1 heterocycles. The summed E-state index contributed by atoms with van der Waals surface area (Å²) in [5.74, 6) is 0. The highest BCUT2D eigenvalue weighted by molar-refractivity contribution is 9.49. The van der Waals surface area contributed by atoms with Gasteiger partial charge in [-0.05, 0) is 27.2 Å². The molecule has 1 saturated heterocycles. The Hall–Kier alpha value is 0.940. The van der Waals surface area contributed by atoms with Crippen molar-refractivity contribution in [2.24, 2.45) is 0 Å². The summed E-state index contributed by atoms with van der Waals surface area (Å²) >= 11 is 3.27. The van der Waals surface area contributed by atoms with Crippen molar-refractivity contribution in [1.29, 1.82) is 0 Å². The van der Waals surface area contributed by atoms with Crippen LogP contribution in [0.15, 0.2) is 0 Å². The summed E-state index contributed by atoms with van der Waals surface area (Å²) in [6.07, 6.45) is 0.752. The van der Waals surface area contributed by atoms with Gasteiger partial charge in [-0.25, -0.2) is 4.57 Å². The molecule has 0 N–H and O–H groups in total. The molecule has 0 radical (unpaired) electrons. The van der Waals surface area contributed by atoms with Gasteiger partial charge in [0.05, 0.1) is 12.7 Å². The average molecular weight is 318 g/mol. The lowest BCUT2D eigenvalue weighted by atomic mass is 10.0. The van der Waals surface area contributed by atoms with E-state index in [2.05, 4.69) is 14.8 Å². The molecule has 0 amide bonds. The quantitative estimate of drug-likeness (QED) is 0.579. The first-order valence-electron chi connectivity index (χ1n) is 4.88. The molecule has 2 unspecified atom stereocenters. The van der Waals surface area contributed by atoms with Crippen molar-refractivity contribution in [2.45, 2.75) is 45.8 Å². The average Bonchev–Trinajstić information content (AvgIpc) is 2.47. The predicted octanol–water partition coefficient (Wildman–Crippen LogP) is 3.98. The predicted molar refractivity (Wildman–Crippen MR) is 66.8 cm³/mol. The van der Waals surface area contributed by atoms with Crippen molar-refractivity contribution < 1.29 is 13.6 Å². The Morgan fingerprint density at radius 2 is 2.27 bits per heavy atom. The van der Waals surface area contributed by atoms with Crippen LogP contribution in [0.3, 0.4) is 0 Å². The maximum Gasteiger partial charge on any atom is 0.419 e. The molecule has 0 saturated carbocycles. The van der Waals surface area contributed by atoms with Crippen LogP contribution in [0.2, 0.25) is 0 Å². The van der Waals surface area contributed by atoms with E-state index in [-0.39, 0.29) is 11.6 Å². The fourth-order valence-corrected chi connectivity index (χ4v) is 6.63. The van der Waals surface area contributed by atoms with Crippen LogP contribution in [0.5, 0.6) is 0 Å². The van der Waals surface area contributed by atoms with Crippen molar-refractivity contribution in [1.82, 2.24) is 4.08 Å². The van der Waals surface area contributed by atoms with E-state index in [4.69, 9.17) is 9.05 Å². The van der Waals surface area contributed by atoms with Crippen LogP contribution in [-0.4, -0.2) is 22.3 Å².